The van der Waals surface area contributed by atoms with Crippen molar-refractivity contribution in [3.05, 3.63) is 48.0 Å². The molecule has 1 aromatic heterocycles. The third-order valence-electron chi connectivity index (χ3n) is 2.54. The van der Waals surface area contributed by atoms with E-state index in [0.717, 1.165) is 12.4 Å². The van der Waals surface area contributed by atoms with Crippen LogP contribution in [0.5, 0.6) is 0 Å². The van der Waals surface area contributed by atoms with Crippen molar-refractivity contribution in [1.82, 2.24) is 9.55 Å². The Kier molecular flexibility index (Phi) is 3.06. The SMILES string of the molecule is Cc1ccc(-n2ccnc2C[NH+](C)C)cc1. The van der Waals surface area contributed by atoms with E-state index in [0.29, 0.717) is 0 Å². The quantitative estimate of drug-likeness (QED) is 0.806. The van der Waals surface area contributed by atoms with Crippen molar-refractivity contribution in [2.45, 2.75) is 13.5 Å². The molecule has 0 bridgehead atoms. The molecule has 16 heavy (non-hydrogen) atoms. The average molecular weight is 216 g/mol. The molecule has 1 N–H and O–H groups in total. The average Bonchev–Trinajstić information content (AvgIpc) is 2.66. The van der Waals surface area contributed by atoms with E-state index in [9.17, 15) is 0 Å². The van der Waals surface area contributed by atoms with Gasteiger partial charge in [-0.25, -0.2) is 4.98 Å². The van der Waals surface area contributed by atoms with Crippen LogP contribution in [-0.2, 0) is 6.54 Å². The number of imidazole rings is 1. The van der Waals surface area contributed by atoms with Gasteiger partial charge in [-0.3, -0.25) is 4.57 Å². The Balaban J connectivity index is 2.33. The third kappa shape index (κ3) is 2.31. The van der Waals surface area contributed by atoms with Crippen LogP contribution >= 0.6 is 0 Å². The molecule has 0 saturated carbocycles. The smallest absolute Gasteiger partial charge is 0.168 e. The number of aromatic nitrogens is 2. The van der Waals surface area contributed by atoms with Gasteiger partial charge in [-0.2, -0.15) is 0 Å². The summed E-state index contributed by atoms with van der Waals surface area (Å²) >= 11 is 0. The fourth-order valence-electron chi connectivity index (χ4n) is 1.72. The zero-order chi connectivity index (χ0) is 11.5. The van der Waals surface area contributed by atoms with Gasteiger partial charge in [0.1, 0.15) is 6.54 Å². The highest BCUT2D eigenvalue weighted by Gasteiger charge is 2.07. The van der Waals surface area contributed by atoms with E-state index in [4.69, 9.17) is 0 Å². The summed E-state index contributed by atoms with van der Waals surface area (Å²) in [5, 5.41) is 0. The highest BCUT2D eigenvalue weighted by Crippen LogP contribution is 2.11. The maximum absolute atomic E-state index is 4.40. The lowest BCUT2D eigenvalue weighted by Gasteiger charge is -2.10. The minimum absolute atomic E-state index is 0.931. The van der Waals surface area contributed by atoms with Gasteiger partial charge < -0.3 is 4.90 Å². The van der Waals surface area contributed by atoms with E-state index in [1.54, 1.807) is 0 Å². The van der Waals surface area contributed by atoms with Gasteiger partial charge in [0.15, 0.2) is 5.82 Å². The van der Waals surface area contributed by atoms with Gasteiger partial charge in [0.2, 0.25) is 0 Å². The van der Waals surface area contributed by atoms with E-state index in [-0.39, 0.29) is 0 Å². The zero-order valence-electron chi connectivity index (χ0n) is 10.1. The number of aryl methyl sites for hydroxylation is 1. The van der Waals surface area contributed by atoms with Gasteiger partial charge in [-0.1, -0.05) is 17.7 Å². The normalized spacial score (nSPS) is 11.0. The lowest BCUT2D eigenvalue weighted by Crippen LogP contribution is -3.04. The molecule has 0 saturated heterocycles. The Morgan fingerprint density at radius 3 is 2.50 bits per heavy atom. The van der Waals surface area contributed by atoms with Crippen LogP contribution in [0.1, 0.15) is 11.4 Å². The summed E-state index contributed by atoms with van der Waals surface area (Å²) in [5.74, 6) is 1.10. The summed E-state index contributed by atoms with van der Waals surface area (Å²) in [4.78, 5) is 5.77. The summed E-state index contributed by atoms with van der Waals surface area (Å²) in [6.07, 6.45) is 3.88. The van der Waals surface area contributed by atoms with Crippen molar-refractivity contribution < 1.29 is 4.90 Å². The molecule has 1 heterocycles. The van der Waals surface area contributed by atoms with Crippen LogP contribution in [-0.4, -0.2) is 23.6 Å². The number of quaternary nitrogens is 1. The molecule has 0 amide bonds. The molecule has 0 unspecified atom stereocenters. The first-order valence-electron chi connectivity index (χ1n) is 5.55. The maximum atomic E-state index is 4.40. The zero-order valence-corrected chi connectivity index (χ0v) is 10.1. The van der Waals surface area contributed by atoms with E-state index in [2.05, 4.69) is 54.8 Å². The van der Waals surface area contributed by atoms with Crippen LogP contribution in [0, 0.1) is 6.92 Å². The fourth-order valence-corrected chi connectivity index (χ4v) is 1.72. The molecule has 84 valence electrons. The lowest BCUT2D eigenvalue weighted by atomic mass is 10.2. The standard InChI is InChI=1S/C13H17N3/c1-11-4-6-12(7-5-11)16-9-8-14-13(16)10-15(2)3/h4-9H,10H2,1-3H3/p+1. The topological polar surface area (TPSA) is 22.3 Å². The molecule has 3 nitrogen and oxygen atoms in total. The maximum Gasteiger partial charge on any atom is 0.168 e. The minimum atomic E-state index is 0.931. The number of nitrogens with zero attached hydrogens (tertiary/aromatic N) is 2. The molecule has 0 atom stereocenters. The minimum Gasteiger partial charge on any atom is -0.333 e. The monoisotopic (exact) mass is 216 g/mol. The molecule has 1 aromatic carbocycles. The molecular weight excluding hydrogens is 198 g/mol. The fraction of sp³-hybridized carbons (Fsp3) is 0.308. The van der Waals surface area contributed by atoms with Crippen molar-refractivity contribution in [3.8, 4) is 5.69 Å². The lowest BCUT2D eigenvalue weighted by molar-refractivity contribution is -0.873. The Morgan fingerprint density at radius 2 is 1.88 bits per heavy atom. The van der Waals surface area contributed by atoms with Gasteiger partial charge in [0.05, 0.1) is 14.1 Å². The van der Waals surface area contributed by atoms with Gasteiger partial charge in [-0.05, 0) is 19.1 Å². The summed E-state index contributed by atoms with van der Waals surface area (Å²) in [7, 11) is 4.27. The second-order valence-electron chi connectivity index (χ2n) is 4.43. The highest BCUT2D eigenvalue weighted by atomic mass is 15.1. The number of nitrogens with one attached hydrogen (secondary N) is 1. The molecule has 0 aliphatic heterocycles. The highest BCUT2D eigenvalue weighted by molar-refractivity contribution is 5.35. The number of benzene rings is 1. The van der Waals surface area contributed by atoms with E-state index in [1.165, 1.54) is 16.2 Å². The molecule has 3 heteroatoms. The molecule has 0 aliphatic rings. The molecule has 2 rings (SSSR count). The van der Waals surface area contributed by atoms with Crippen LogP contribution in [0.2, 0.25) is 0 Å². The van der Waals surface area contributed by atoms with Crippen molar-refractivity contribution in [2.75, 3.05) is 14.1 Å². The first-order chi connectivity index (χ1) is 7.66. The second-order valence-corrected chi connectivity index (χ2v) is 4.43. The Morgan fingerprint density at radius 1 is 1.19 bits per heavy atom. The van der Waals surface area contributed by atoms with Crippen LogP contribution in [0.25, 0.3) is 5.69 Å². The van der Waals surface area contributed by atoms with Crippen molar-refractivity contribution in [3.63, 3.8) is 0 Å². The van der Waals surface area contributed by atoms with Crippen molar-refractivity contribution >= 4 is 0 Å². The van der Waals surface area contributed by atoms with E-state index >= 15 is 0 Å². The molecule has 0 radical (unpaired) electrons. The number of hydrogen-bond donors (Lipinski definition) is 1. The predicted molar refractivity (Wildman–Crippen MR) is 64.8 cm³/mol. The largest absolute Gasteiger partial charge is 0.333 e. The van der Waals surface area contributed by atoms with E-state index in [1.807, 2.05) is 12.4 Å². The molecule has 0 fully saturated rings. The van der Waals surface area contributed by atoms with Crippen molar-refractivity contribution in [1.29, 1.82) is 0 Å². The van der Waals surface area contributed by atoms with Gasteiger partial charge in [0.25, 0.3) is 0 Å². The molecular formula is C13H18N3+. The summed E-state index contributed by atoms with van der Waals surface area (Å²) in [6, 6.07) is 8.51. The summed E-state index contributed by atoms with van der Waals surface area (Å²) < 4.78 is 2.15. The van der Waals surface area contributed by atoms with Crippen LogP contribution < -0.4 is 4.90 Å². The summed E-state index contributed by atoms with van der Waals surface area (Å²) in [6.45, 7) is 3.03. The van der Waals surface area contributed by atoms with Gasteiger partial charge >= 0.3 is 0 Å². The third-order valence-corrected chi connectivity index (χ3v) is 2.54. The van der Waals surface area contributed by atoms with Crippen LogP contribution in [0.3, 0.4) is 0 Å². The van der Waals surface area contributed by atoms with Crippen molar-refractivity contribution in [2.24, 2.45) is 0 Å². The van der Waals surface area contributed by atoms with E-state index < -0.39 is 0 Å². The predicted octanol–water partition coefficient (Wildman–Crippen LogP) is 0.825. The molecule has 2 aromatic rings. The number of hydrogen-bond acceptors (Lipinski definition) is 1. The second kappa shape index (κ2) is 4.49. The van der Waals surface area contributed by atoms with Crippen LogP contribution in [0.4, 0.5) is 0 Å². The Labute approximate surface area is 96.3 Å². The van der Waals surface area contributed by atoms with Gasteiger partial charge in [0, 0.05) is 18.1 Å². The molecule has 0 spiro atoms. The first-order valence-corrected chi connectivity index (χ1v) is 5.55. The van der Waals surface area contributed by atoms with Crippen LogP contribution in [0.15, 0.2) is 36.7 Å². The first kappa shape index (κ1) is 10.9. The van der Waals surface area contributed by atoms with Gasteiger partial charge in [-0.15, -0.1) is 0 Å². The number of rotatable bonds is 3. The molecule has 0 aliphatic carbocycles. The Bertz CT molecular complexity index is 454. The summed E-state index contributed by atoms with van der Waals surface area (Å²) in [5.41, 5.74) is 2.46. The Hall–Kier alpha value is -1.61.